The predicted octanol–water partition coefficient (Wildman–Crippen LogP) is -0.237. The zero-order valence-electron chi connectivity index (χ0n) is 8.75. The first-order valence-corrected chi connectivity index (χ1v) is 7.26. The molecule has 1 atom stereocenters. The third kappa shape index (κ3) is 5.57. The van der Waals surface area contributed by atoms with Crippen LogP contribution < -0.4 is 10.6 Å². The van der Waals surface area contributed by atoms with E-state index in [1.165, 1.54) is 12.7 Å². The summed E-state index contributed by atoms with van der Waals surface area (Å²) in [5, 5.41) is 6.62. The molecule has 1 saturated heterocycles. The van der Waals surface area contributed by atoms with Crippen molar-refractivity contribution in [2.75, 3.05) is 31.6 Å². The standard InChI is InChI=1S/C9H20N2O2S/c1-14(12,13)8-7-11-9-3-2-5-10-6-4-9/h9-11H,2-8H2,1H3. The van der Waals surface area contributed by atoms with Gasteiger partial charge in [0.25, 0.3) is 0 Å². The third-order valence-electron chi connectivity index (χ3n) is 2.48. The van der Waals surface area contributed by atoms with Gasteiger partial charge in [0, 0.05) is 18.8 Å². The summed E-state index contributed by atoms with van der Waals surface area (Å²) in [5.41, 5.74) is 0. The quantitative estimate of drug-likeness (QED) is 0.687. The molecular formula is C9H20N2O2S. The monoisotopic (exact) mass is 220 g/mol. The lowest BCUT2D eigenvalue weighted by molar-refractivity contribution is 0.481. The molecule has 0 saturated carbocycles. The lowest BCUT2D eigenvalue weighted by Crippen LogP contribution is -2.33. The average molecular weight is 220 g/mol. The Kier molecular flexibility index (Phi) is 4.84. The highest BCUT2D eigenvalue weighted by molar-refractivity contribution is 7.90. The molecule has 0 bridgehead atoms. The number of hydrogen-bond acceptors (Lipinski definition) is 4. The van der Waals surface area contributed by atoms with Crippen LogP contribution in [0.15, 0.2) is 0 Å². The van der Waals surface area contributed by atoms with Crippen molar-refractivity contribution in [3.8, 4) is 0 Å². The summed E-state index contributed by atoms with van der Waals surface area (Å²) in [6.07, 6.45) is 4.71. The number of hydrogen-bond donors (Lipinski definition) is 2. The van der Waals surface area contributed by atoms with Gasteiger partial charge in [-0.05, 0) is 32.4 Å². The van der Waals surface area contributed by atoms with Crippen molar-refractivity contribution in [1.82, 2.24) is 10.6 Å². The largest absolute Gasteiger partial charge is 0.317 e. The molecule has 5 heteroatoms. The molecule has 0 spiro atoms. The summed E-state index contributed by atoms with van der Waals surface area (Å²) in [6.45, 7) is 2.71. The highest BCUT2D eigenvalue weighted by Gasteiger charge is 2.11. The first-order valence-electron chi connectivity index (χ1n) is 5.20. The van der Waals surface area contributed by atoms with Crippen LogP contribution in [0.4, 0.5) is 0 Å². The normalized spacial score (nSPS) is 24.5. The molecule has 0 aromatic heterocycles. The first kappa shape index (κ1) is 11.9. The summed E-state index contributed by atoms with van der Waals surface area (Å²) in [6, 6.07) is 0.492. The molecule has 0 amide bonds. The summed E-state index contributed by atoms with van der Waals surface area (Å²) in [4.78, 5) is 0. The van der Waals surface area contributed by atoms with Crippen LogP contribution >= 0.6 is 0 Å². The fourth-order valence-electron chi connectivity index (χ4n) is 1.67. The summed E-state index contributed by atoms with van der Waals surface area (Å²) in [7, 11) is -2.81. The Morgan fingerprint density at radius 2 is 2.14 bits per heavy atom. The zero-order chi connectivity index (χ0) is 10.4. The fraction of sp³-hybridized carbons (Fsp3) is 1.00. The van der Waals surface area contributed by atoms with Crippen LogP contribution in [-0.4, -0.2) is 46.1 Å². The smallest absolute Gasteiger partial charge is 0.148 e. The molecule has 1 aliphatic rings. The van der Waals surface area contributed by atoms with Gasteiger partial charge in [0.2, 0.25) is 0 Å². The van der Waals surface area contributed by atoms with Crippen molar-refractivity contribution >= 4 is 9.84 Å². The van der Waals surface area contributed by atoms with Gasteiger partial charge in [0.05, 0.1) is 5.75 Å². The molecule has 1 heterocycles. The average Bonchev–Trinajstić information content (AvgIpc) is 2.30. The Morgan fingerprint density at radius 3 is 2.86 bits per heavy atom. The fourth-order valence-corrected chi connectivity index (χ4v) is 2.16. The SMILES string of the molecule is CS(=O)(=O)CCNC1CCCNCC1. The highest BCUT2D eigenvalue weighted by Crippen LogP contribution is 2.04. The van der Waals surface area contributed by atoms with Crippen molar-refractivity contribution in [2.24, 2.45) is 0 Å². The Labute approximate surface area is 86.4 Å². The Balaban J connectivity index is 2.16. The van der Waals surface area contributed by atoms with Gasteiger partial charge in [0.15, 0.2) is 0 Å². The van der Waals surface area contributed by atoms with Crippen LogP contribution in [0.5, 0.6) is 0 Å². The van der Waals surface area contributed by atoms with E-state index in [-0.39, 0.29) is 5.75 Å². The van der Waals surface area contributed by atoms with E-state index in [2.05, 4.69) is 10.6 Å². The topological polar surface area (TPSA) is 58.2 Å². The van der Waals surface area contributed by atoms with E-state index in [1.54, 1.807) is 0 Å². The first-order chi connectivity index (χ1) is 6.58. The Bertz CT molecular complexity index is 244. The molecule has 0 aliphatic carbocycles. The van der Waals surface area contributed by atoms with E-state index in [1.807, 2.05) is 0 Å². The second kappa shape index (κ2) is 5.68. The van der Waals surface area contributed by atoms with Crippen LogP contribution in [0.25, 0.3) is 0 Å². The van der Waals surface area contributed by atoms with Gasteiger partial charge >= 0.3 is 0 Å². The maximum Gasteiger partial charge on any atom is 0.148 e. The number of nitrogens with one attached hydrogen (secondary N) is 2. The van der Waals surface area contributed by atoms with Gasteiger partial charge in [-0.25, -0.2) is 8.42 Å². The minimum atomic E-state index is -2.81. The zero-order valence-corrected chi connectivity index (χ0v) is 9.57. The maximum atomic E-state index is 10.9. The lowest BCUT2D eigenvalue weighted by Gasteiger charge is -2.15. The number of rotatable bonds is 4. The molecule has 2 N–H and O–H groups in total. The molecule has 1 aliphatic heterocycles. The van der Waals surface area contributed by atoms with Gasteiger partial charge in [-0.15, -0.1) is 0 Å². The summed E-state index contributed by atoms with van der Waals surface area (Å²) in [5.74, 6) is 0.247. The molecule has 84 valence electrons. The van der Waals surface area contributed by atoms with Gasteiger partial charge in [0.1, 0.15) is 9.84 Å². The predicted molar refractivity (Wildman–Crippen MR) is 58.2 cm³/mol. The summed E-state index contributed by atoms with van der Waals surface area (Å²) < 4.78 is 21.8. The summed E-state index contributed by atoms with van der Waals surface area (Å²) >= 11 is 0. The van der Waals surface area contributed by atoms with Crippen LogP contribution in [0.2, 0.25) is 0 Å². The number of sulfone groups is 1. The van der Waals surface area contributed by atoms with E-state index >= 15 is 0 Å². The molecule has 1 fully saturated rings. The highest BCUT2D eigenvalue weighted by atomic mass is 32.2. The molecule has 4 nitrogen and oxygen atoms in total. The van der Waals surface area contributed by atoms with Crippen molar-refractivity contribution in [1.29, 1.82) is 0 Å². The Morgan fingerprint density at radius 1 is 1.36 bits per heavy atom. The van der Waals surface area contributed by atoms with Gasteiger partial charge in [-0.1, -0.05) is 0 Å². The van der Waals surface area contributed by atoms with E-state index in [0.29, 0.717) is 12.6 Å². The molecule has 0 radical (unpaired) electrons. The second-order valence-electron chi connectivity index (χ2n) is 3.96. The van der Waals surface area contributed by atoms with Gasteiger partial charge in [-0.3, -0.25) is 0 Å². The van der Waals surface area contributed by atoms with Crippen LogP contribution in [-0.2, 0) is 9.84 Å². The van der Waals surface area contributed by atoms with E-state index in [9.17, 15) is 8.42 Å². The Hall–Kier alpha value is -0.130. The lowest BCUT2D eigenvalue weighted by atomic mass is 10.1. The van der Waals surface area contributed by atoms with E-state index < -0.39 is 9.84 Å². The minimum absolute atomic E-state index is 0.247. The molecule has 1 unspecified atom stereocenters. The molecule has 0 aromatic carbocycles. The minimum Gasteiger partial charge on any atom is -0.317 e. The van der Waals surface area contributed by atoms with Crippen molar-refractivity contribution in [2.45, 2.75) is 25.3 Å². The van der Waals surface area contributed by atoms with Crippen LogP contribution in [0.3, 0.4) is 0 Å². The molecular weight excluding hydrogens is 200 g/mol. The molecule has 14 heavy (non-hydrogen) atoms. The van der Waals surface area contributed by atoms with Gasteiger partial charge in [-0.2, -0.15) is 0 Å². The van der Waals surface area contributed by atoms with Crippen molar-refractivity contribution < 1.29 is 8.42 Å². The van der Waals surface area contributed by atoms with Crippen molar-refractivity contribution in [3.05, 3.63) is 0 Å². The van der Waals surface area contributed by atoms with Gasteiger partial charge < -0.3 is 10.6 Å². The third-order valence-corrected chi connectivity index (χ3v) is 3.43. The molecule has 1 rings (SSSR count). The second-order valence-corrected chi connectivity index (χ2v) is 6.22. The van der Waals surface area contributed by atoms with E-state index in [4.69, 9.17) is 0 Å². The van der Waals surface area contributed by atoms with E-state index in [0.717, 1.165) is 25.9 Å². The van der Waals surface area contributed by atoms with Crippen LogP contribution in [0.1, 0.15) is 19.3 Å². The van der Waals surface area contributed by atoms with Crippen molar-refractivity contribution in [3.63, 3.8) is 0 Å². The maximum absolute atomic E-state index is 10.9. The van der Waals surface area contributed by atoms with Crippen LogP contribution in [0, 0.1) is 0 Å². The molecule has 0 aromatic rings.